The average molecular weight is 1160 g/mol. The van der Waals surface area contributed by atoms with Crippen LogP contribution in [0.5, 0.6) is 0 Å². The van der Waals surface area contributed by atoms with Gasteiger partial charge in [0.05, 0.1) is 0 Å². The second kappa shape index (κ2) is 70.8. The summed E-state index contributed by atoms with van der Waals surface area (Å²) in [6.07, 6.45) is 95.7. The first-order valence-corrected chi connectivity index (χ1v) is 35.7. The predicted molar refractivity (Wildman–Crippen MR) is 362 cm³/mol. The highest BCUT2D eigenvalue weighted by Crippen LogP contribution is 2.17. The Morgan fingerprint density at radius 1 is 0.253 bits per heavy atom. The lowest BCUT2D eigenvalue weighted by atomic mass is 10.0. The van der Waals surface area contributed by atoms with Crippen LogP contribution in [0.1, 0.15) is 355 Å². The number of esters is 3. The molecule has 0 aromatic rings. The lowest BCUT2D eigenvalue weighted by molar-refractivity contribution is -0.167. The van der Waals surface area contributed by atoms with Crippen molar-refractivity contribution < 1.29 is 28.6 Å². The van der Waals surface area contributed by atoms with Gasteiger partial charge in [0, 0.05) is 19.3 Å². The Hall–Kier alpha value is -3.67. The molecule has 1 atom stereocenters. The zero-order chi connectivity index (χ0) is 59.9. The molecular formula is C77H134O6. The highest BCUT2D eigenvalue weighted by Gasteiger charge is 2.19. The quantitative estimate of drug-likeness (QED) is 0.0261. The molecule has 0 aliphatic rings. The van der Waals surface area contributed by atoms with E-state index >= 15 is 0 Å². The van der Waals surface area contributed by atoms with Crippen molar-refractivity contribution >= 4 is 17.9 Å². The molecular weight excluding hydrogens is 1020 g/mol. The van der Waals surface area contributed by atoms with Gasteiger partial charge >= 0.3 is 17.9 Å². The SMILES string of the molecule is CC/C=C\C/C=C\C/C=C\C/C=C\C/C=C\CCCCCC(=O)OC(COC(=O)CCCCCCCCCCCCCC/C=C\C/C=C\C/C=C\CCCCCCC)COC(=O)CCCCCCCCCCCCCCCCCCCCC. The van der Waals surface area contributed by atoms with E-state index in [1.165, 1.54) is 205 Å². The van der Waals surface area contributed by atoms with Gasteiger partial charge in [-0.25, -0.2) is 0 Å². The molecule has 0 saturated carbocycles. The molecule has 1 unspecified atom stereocenters. The number of rotatable bonds is 65. The number of allylic oxidation sites excluding steroid dienone is 16. The summed E-state index contributed by atoms with van der Waals surface area (Å²) in [7, 11) is 0. The standard InChI is InChI=1S/C77H134O6/c1-4-7-10-13-16-19-22-25-28-31-34-35-36-37-38-39-40-41-44-46-49-52-55-58-61-64-67-70-76(79)82-73-74(83-77(80)71-68-65-62-59-56-53-50-47-43-33-30-27-24-21-18-15-12-9-6-3)72-81-75(78)69-66-63-60-57-54-51-48-45-42-32-29-26-23-20-17-14-11-8-5-2/h9,12,18,21-22,25,27,30-31,34,36-37,43,47,53,56,74H,4-8,10-11,13-17,19-20,23-24,26,28-29,32-33,35,38-42,44-46,48-52,54-55,57-73H2,1-3H3/b12-9-,21-18-,25-22-,30-27-,34-31-,37-36-,47-43-,56-53-. The van der Waals surface area contributed by atoms with E-state index in [2.05, 4.69) is 118 Å². The number of carbonyl (C=O) groups excluding carboxylic acids is 3. The Morgan fingerprint density at radius 2 is 0.470 bits per heavy atom. The number of ether oxygens (including phenoxy) is 3. The average Bonchev–Trinajstić information content (AvgIpc) is 3.50. The van der Waals surface area contributed by atoms with Gasteiger partial charge in [0.2, 0.25) is 0 Å². The Labute approximate surface area is 515 Å². The maximum Gasteiger partial charge on any atom is 0.306 e. The summed E-state index contributed by atoms with van der Waals surface area (Å²) in [5, 5.41) is 0. The number of hydrogen-bond acceptors (Lipinski definition) is 6. The Balaban J connectivity index is 4.37. The van der Waals surface area contributed by atoms with Gasteiger partial charge in [0.1, 0.15) is 13.2 Å². The molecule has 0 aromatic heterocycles. The first-order chi connectivity index (χ1) is 41.0. The van der Waals surface area contributed by atoms with Crippen molar-refractivity contribution in [3.05, 3.63) is 97.2 Å². The van der Waals surface area contributed by atoms with E-state index < -0.39 is 6.10 Å². The molecule has 0 spiro atoms. The first-order valence-electron chi connectivity index (χ1n) is 35.7. The molecule has 0 fully saturated rings. The second-order valence-corrected chi connectivity index (χ2v) is 23.8. The van der Waals surface area contributed by atoms with E-state index in [9.17, 15) is 14.4 Å². The lowest BCUT2D eigenvalue weighted by Gasteiger charge is -2.18. The second-order valence-electron chi connectivity index (χ2n) is 23.8. The topological polar surface area (TPSA) is 78.9 Å². The summed E-state index contributed by atoms with van der Waals surface area (Å²) in [6.45, 7) is 6.54. The maximum atomic E-state index is 12.9. The monoisotopic (exact) mass is 1160 g/mol. The fourth-order valence-electron chi connectivity index (χ4n) is 10.2. The van der Waals surface area contributed by atoms with Crippen LogP contribution in [0.2, 0.25) is 0 Å². The minimum atomic E-state index is -0.797. The largest absolute Gasteiger partial charge is 0.462 e. The van der Waals surface area contributed by atoms with Crippen molar-refractivity contribution in [1.82, 2.24) is 0 Å². The first kappa shape index (κ1) is 79.3. The normalized spacial score (nSPS) is 12.7. The minimum Gasteiger partial charge on any atom is -0.462 e. The molecule has 83 heavy (non-hydrogen) atoms. The molecule has 0 saturated heterocycles. The molecule has 0 aliphatic heterocycles. The third kappa shape index (κ3) is 69.0. The van der Waals surface area contributed by atoms with Crippen LogP contribution in [0.4, 0.5) is 0 Å². The number of carbonyl (C=O) groups is 3. The molecule has 0 bridgehead atoms. The van der Waals surface area contributed by atoms with Gasteiger partial charge in [-0.05, 0) is 103 Å². The van der Waals surface area contributed by atoms with Gasteiger partial charge < -0.3 is 14.2 Å². The zero-order valence-electron chi connectivity index (χ0n) is 54.9. The van der Waals surface area contributed by atoms with Crippen molar-refractivity contribution in [3.8, 4) is 0 Å². The van der Waals surface area contributed by atoms with Crippen LogP contribution in [0.15, 0.2) is 97.2 Å². The summed E-state index contributed by atoms with van der Waals surface area (Å²) in [5.74, 6) is -0.905. The number of unbranched alkanes of at least 4 members (excludes halogenated alkanes) is 38. The minimum absolute atomic E-state index is 0.0883. The smallest absolute Gasteiger partial charge is 0.306 e. The summed E-state index contributed by atoms with van der Waals surface area (Å²) < 4.78 is 17.0. The third-order valence-electron chi connectivity index (χ3n) is 15.6. The van der Waals surface area contributed by atoms with Crippen LogP contribution in [-0.4, -0.2) is 37.2 Å². The molecule has 478 valence electrons. The summed E-state index contributed by atoms with van der Waals surface area (Å²) in [6, 6.07) is 0. The van der Waals surface area contributed by atoms with Crippen molar-refractivity contribution in [2.24, 2.45) is 0 Å². The van der Waals surface area contributed by atoms with E-state index in [0.717, 1.165) is 109 Å². The Kier molecular flexibility index (Phi) is 67.7. The zero-order valence-corrected chi connectivity index (χ0v) is 54.9. The highest BCUT2D eigenvalue weighted by molar-refractivity contribution is 5.71. The predicted octanol–water partition coefficient (Wildman–Crippen LogP) is 24.8. The third-order valence-corrected chi connectivity index (χ3v) is 15.6. The van der Waals surface area contributed by atoms with Crippen LogP contribution in [0.25, 0.3) is 0 Å². The van der Waals surface area contributed by atoms with Crippen LogP contribution in [0, 0.1) is 0 Å². The molecule has 0 rings (SSSR count). The van der Waals surface area contributed by atoms with Crippen LogP contribution < -0.4 is 0 Å². The highest BCUT2D eigenvalue weighted by atomic mass is 16.6. The summed E-state index contributed by atoms with van der Waals surface area (Å²) in [4.78, 5) is 38.5. The van der Waals surface area contributed by atoms with Crippen molar-refractivity contribution in [2.45, 2.75) is 361 Å². The molecule has 0 radical (unpaired) electrons. The lowest BCUT2D eigenvalue weighted by Crippen LogP contribution is -2.30. The fraction of sp³-hybridized carbons (Fsp3) is 0.753. The molecule has 0 aliphatic carbocycles. The van der Waals surface area contributed by atoms with Crippen LogP contribution in [0.3, 0.4) is 0 Å². The van der Waals surface area contributed by atoms with E-state index in [1.807, 2.05) is 0 Å². The fourth-order valence-corrected chi connectivity index (χ4v) is 10.2. The molecule has 0 N–H and O–H groups in total. The van der Waals surface area contributed by atoms with Gasteiger partial charge in [-0.3, -0.25) is 14.4 Å². The van der Waals surface area contributed by atoms with Gasteiger partial charge in [-0.15, -0.1) is 0 Å². The molecule has 6 nitrogen and oxygen atoms in total. The van der Waals surface area contributed by atoms with E-state index in [0.29, 0.717) is 12.8 Å². The van der Waals surface area contributed by atoms with Gasteiger partial charge in [0.25, 0.3) is 0 Å². The van der Waals surface area contributed by atoms with E-state index in [4.69, 9.17) is 14.2 Å². The number of hydrogen-bond donors (Lipinski definition) is 0. The van der Waals surface area contributed by atoms with Crippen molar-refractivity contribution in [3.63, 3.8) is 0 Å². The molecule has 6 heteroatoms. The van der Waals surface area contributed by atoms with Crippen LogP contribution in [-0.2, 0) is 28.6 Å². The van der Waals surface area contributed by atoms with E-state index in [-0.39, 0.29) is 37.5 Å². The Morgan fingerprint density at radius 3 is 0.747 bits per heavy atom. The molecule has 0 amide bonds. The Bertz CT molecular complexity index is 1610. The summed E-state index contributed by atoms with van der Waals surface area (Å²) >= 11 is 0. The van der Waals surface area contributed by atoms with Gasteiger partial charge in [-0.2, -0.15) is 0 Å². The molecule has 0 heterocycles. The molecule has 0 aromatic carbocycles. The van der Waals surface area contributed by atoms with E-state index in [1.54, 1.807) is 0 Å². The van der Waals surface area contributed by atoms with Crippen molar-refractivity contribution in [1.29, 1.82) is 0 Å². The van der Waals surface area contributed by atoms with Gasteiger partial charge in [-0.1, -0.05) is 330 Å². The van der Waals surface area contributed by atoms with Crippen molar-refractivity contribution in [2.75, 3.05) is 13.2 Å². The van der Waals surface area contributed by atoms with Gasteiger partial charge in [0.15, 0.2) is 6.10 Å². The summed E-state index contributed by atoms with van der Waals surface area (Å²) in [5.41, 5.74) is 0. The maximum absolute atomic E-state index is 12.9. The van der Waals surface area contributed by atoms with Crippen LogP contribution >= 0.6 is 0 Å².